The van der Waals surface area contributed by atoms with Gasteiger partial charge in [0.05, 0.1) is 28.1 Å². The molecule has 0 spiro atoms. The Labute approximate surface area is 350 Å². The molecule has 0 atom stereocenters. The van der Waals surface area contributed by atoms with Crippen LogP contribution in [0.5, 0.6) is 0 Å². The summed E-state index contributed by atoms with van der Waals surface area (Å²) in [6.07, 6.45) is 0. The van der Waals surface area contributed by atoms with Crippen molar-refractivity contribution in [2.45, 2.75) is 0 Å². The fraction of sp³-hybridized carbons (Fsp3) is 0. The minimum Gasteiger partial charge on any atom is -0.309 e. The molecule has 11 aromatic rings. The predicted molar refractivity (Wildman–Crippen MR) is 255 cm³/mol. The Morgan fingerprint density at radius 1 is 0.283 bits per heavy atom. The van der Waals surface area contributed by atoms with Crippen LogP contribution < -0.4 is 4.90 Å². The maximum atomic E-state index is 2.46. The first kappa shape index (κ1) is 35.2. The third-order valence-corrected chi connectivity index (χ3v) is 11.8. The van der Waals surface area contributed by atoms with Crippen molar-refractivity contribution in [1.82, 2.24) is 4.57 Å². The molecule has 0 amide bonds. The zero-order valence-corrected chi connectivity index (χ0v) is 33.0. The fourth-order valence-corrected chi connectivity index (χ4v) is 9.02. The van der Waals surface area contributed by atoms with Gasteiger partial charge in [0.25, 0.3) is 0 Å². The zero-order chi connectivity index (χ0) is 39.8. The molecule has 0 saturated carbocycles. The summed E-state index contributed by atoms with van der Waals surface area (Å²) in [5.41, 5.74) is 16.2. The molecule has 10 aromatic carbocycles. The van der Waals surface area contributed by atoms with Gasteiger partial charge in [-0.15, -0.1) is 0 Å². The van der Waals surface area contributed by atoms with Crippen LogP contribution in [-0.4, -0.2) is 4.57 Å². The number of anilines is 3. The molecule has 0 N–H and O–H groups in total. The van der Waals surface area contributed by atoms with Crippen molar-refractivity contribution in [3.8, 4) is 50.2 Å². The maximum absolute atomic E-state index is 2.46. The quantitative estimate of drug-likeness (QED) is 0.150. The molecule has 1 heterocycles. The van der Waals surface area contributed by atoms with Gasteiger partial charge >= 0.3 is 0 Å². The lowest BCUT2D eigenvalue weighted by Crippen LogP contribution is -2.12. The molecule has 0 saturated heterocycles. The van der Waals surface area contributed by atoms with Gasteiger partial charge in [-0.2, -0.15) is 0 Å². The molecular formula is C58H40N2. The minimum atomic E-state index is 1.08. The molecule has 0 fully saturated rings. The Morgan fingerprint density at radius 2 is 0.767 bits per heavy atom. The number of rotatable bonds is 8. The van der Waals surface area contributed by atoms with Crippen LogP contribution >= 0.6 is 0 Å². The van der Waals surface area contributed by atoms with Crippen molar-refractivity contribution in [1.29, 1.82) is 0 Å². The van der Waals surface area contributed by atoms with Crippen LogP contribution in [0.1, 0.15) is 0 Å². The van der Waals surface area contributed by atoms with E-state index >= 15 is 0 Å². The second kappa shape index (κ2) is 15.1. The summed E-state index contributed by atoms with van der Waals surface area (Å²) in [4.78, 5) is 2.44. The smallest absolute Gasteiger partial charge is 0.0547 e. The molecule has 0 unspecified atom stereocenters. The molecule has 0 bridgehead atoms. The predicted octanol–water partition coefficient (Wildman–Crippen LogP) is 16.1. The standard InChI is InChI=1S/C58H40N2/c1-3-17-41(18-4-1)42-31-33-43(34-32-42)44-35-38-47(39-36-44)59(53-27-13-9-22-48(53)45-19-5-2-6-20-45)54-28-14-10-24-50(54)51-25-11-15-29-55(51)60-56-30-16-12-26-52(56)58-49-23-8-7-21-46(49)37-40-57(58)60/h1-40H. The summed E-state index contributed by atoms with van der Waals surface area (Å²) in [6.45, 7) is 0. The van der Waals surface area contributed by atoms with Crippen LogP contribution in [0.25, 0.3) is 82.8 Å². The molecule has 0 radical (unpaired) electrons. The number of aromatic nitrogens is 1. The lowest BCUT2D eigenvalue weighted by Gasteiger charge is -2.30. The maximum Gasteiger partial charge on any atom is 0.0547 e. The van der Waals surface area contributed by atoms with Crippen LogP contribution in [0.15, 0.2) is 243 Å². The van der Waals surface area contributed by atoms with Crippen LogP contribution in [0, 0.1) is 0 Å². The first-order valence-corrected chi connectivity index (χ1v) is 20.6. The van der Waals surface area contributed by atoms with Gasteiger partial charge in [-0.05, 0) is 81.1 Å². The van der Waals surface area contributed by atoms with Gasteiger partial charge in [-0.3, -0.25) is 0 Å². The van der Waals surface area contributed by atoms with Gasteiger partial charge in [0.2, 0.25) is 0 Å². The number of nitrogens with zero attached hydrogens (tertiary/aromatic N) is 2. The van der Waals surface area contributed by atoms with E-state index in [2.05, 4.69) is 252 Å². The highest BCUT2D eigenvalue weighted by atomic mass is 15.1. The van der Waals surface area contributed by atoms with Crippen LogP contribution in [0.2, 0.25) is 0 Å². The normalized spacial score (nSPS) is 11.3. The molecule has 2 heteroatoms. The van der Waals surface area contributed by atoms with Gasteiger partial charge < -0.3 is 9.47 Å². The van der Waals surface area contributed by atoms with Crippen molar-refractivity contribution in [2.75, 3.05) is 4.90 Å². The van der Waals surface area contributed by atoms with E-state index in [1.54, 1.807) is 0 Å². The van der Waals surface area contributed by atoms with Crippen LogP contribution in [-0.2, 0) is 0 Å². The van der Waals surface area contributed by atoms with Crippen molar-refractivity contribution in [2.24, 2.45) is 0 Å². The largest absolute Gasteiger partial charge is 0.309 e. The highest BCUT2D eigenvalue weighted by molar-refractivity contribution is 6.21. The summed E-state index contributed by atoms with van der Waals surface area (Å²) in [7, 11) is 0. The Hall–Kier alpha value is -7.94. The van der Waals surface area contributed by atoms with Crippen molar-refractivity contribution in [3.05, 3.63) is 243 Å². The highest BCUT2D eigenvalue weighted by Crippen LogP contribution is 2.47. The number of para-hydroxylation sites is 4. The molecule has 0 aliphatic rings. The Balaban J connectivity index is 1.10. The molecule has 11 rings (SSSR count). The first-order valence-electron chi connectivity index (χ1n) is 20.6. The van der Waals surface area contributed by atoms with E-state index < -0.39 is 0 Å². The number of hydrogen-bond acceptors (Lipinski definition) is 1. The minimum absolute atomic E-state index is 1.08. The summed E-state index contributed by atoms with van der Waals surface area (Å²) in [5, 5.41) is 5.04. The lowest BCUT2D eigenvalue weighted by atomic mass is 9.97. The van der Waals surface area contributed by atoms with Gasteiger partial charge in [-0.1, -0.05) is 200 Å². The van der Waals surface area contributed by atoms with E-state index in [0.717, 1.165) is 39.4 Å². The second-order valence-electron chi connectivity index (χ2n) is 15.3. The van der Waals surface area contributed by atoms with E-state index in [9.17, 15) is 0 Å². The average molecular weight is 765 g/mol. The van der Waals surface area contributed by atoms with Gasteiger partial charge in [0, 0.05) is 33.2 Å². The monoisotopic (exact) mass is 764 g/mol. The number of fused-ring (bicyclic) bond motifs is 5. The molecule has 0 aliphatic carbocycles. The van der Waals surface area contributed by atoms with Gasteiger partial charge in [0.15, 0.2) is 0 Å². The second-order valence-corrected chi connectivity index (χ2v) is 15.3. The summed E-state index contributed by atoms with van der Waals surface area (Å²) in [5.74, 6) is 0. The molecule has 2 nitrogen and oxygen atoms in total. The molecule has 1 aromatic heterocycles. The van der Waals surface area contributed by atoms with Gasteiger partial charge in [-0.25, -0.2) is 0 Å². The van der Waals surface area contributed by atoms with Crippen molar-refractivity contribution in [3.63, 3.8) is 0 Å². The topological polar surface area (TPSA) is 8.17 Å². The van der Waals surface area contributed by atoms with E-state index in [0.29, 0.717) is 0 Å². The molecule has 282 valence electrons. The van der Waals surface area contributed by atoms with Crippen molar-refractivity contribution < 1.29 is 0 Å². The van der Waals surface area contributed by atoms with Crippen LogP contribution in [0.3, 0.4) is 0 Å². The summed E-state index contributed by atoms with van der Waals surface area (Å²) >= 11 is 0. The number of hydrogen-bond donors (Lipinski definition) is 0. The molecule has 0 aliphatic heterocycles. The summed E-state index contributed by atoms with van der Waals surface area (Å²) in [6, 6.07) is 87.8. The number of benzene rings is 10. The Bertz CT molecular complexity index is 3290. The SMILES string of the molecule is c1ccc(-c2ccc(-c3ccc(N(c4ccccc4-c4ccccc4)c4ccccc4-c4ccccc4-n4c5ccccc5c5c6ccccc6ccc54)cc3)cc2)cc1. The van der Waals surface area contributed by atoms with E-state index in [1.165, 1.54) is 60.4 Å². The lowest BCUT2D eigenvalue weighted by molar-refractivity contribution is 1.18. The van der Waals surface area contributed by atoms with E-state index in [1.807, 2.05) is 0 Å². The Morgan fingerprint density at radius 3 is 1.47 bits per heavy atom. The van der Waals surface area contributed by atoms with Crippen molar-refractivity contribution >= 4 is 49.6 Å². The average Bonchev–Trinajstić information content (AvgIpc) is 3.68. The van der Waals surface area contributed by atoms with Crippen LogP contribution in [0.4, 0.5) is 17.1 Å². The zero-order valence-electron chi connectivity index (χ0n) is 33.0. The third kappa shape index (κ3) is 6.14. The van der Waals surface area contributed by atoms with E-state index in [4.69, 9.17) is 0 Å². The molecule has 60 heavy (non-hydrogen) atoms. The Kier molecular flexibility index (Phi) is 8.87. The van der Waals surface area contributed by atoms with E-state index in [-0.39, 0.29) is 0 Å². The van der Waals surface area contributed by atoms with Gasteiger partial charge in [0.1, 0.15) is 0 Å². The summed E-state index contributed by atoms with van der Waals surface area (Å²) < 4.78 is 2.46. The fourth-order valence-electron chi connectivity index (χ4n) is 9.02. The third-order valence-electron chi connectivity index (χ3n) is 11.8. The first-order chi connectivity index (χ1) is 29.8. The molecular weight excluding hydrogens is 725 g/mol. The highest BCUT2D eigenvalue weighted by Gasteiger charge is 2.23.